The average molecular weight is 357 g/mol. The van der Waals surface area contributed by atoms with Crippen molar-refractivity contribution in [3.05, 3.63) is 33.9 Å². The summed E-state index contributed by atoms with van der Waals surface area (Å²) in [5.74, 6) is 0.548. The van der Waals surface area contributed by atoms with Crippen molar-refractivity contribution in [3.8, 4) is 0 Å². The molecule has 0 radical (unpaired) electrons. The zero-order chi connectivity index (χ0) is 18.3. The molecule has 0 unspecified atom stereocenters. The molecule has 0 spiro atoms. The molecule has 26 heavy (non-hydrogen) atoms. The summed E-state index contributed by atoms with van der Waals surface area (Å²) in [4.78, 5) is 33.0. The molecule has 2 aromatic rings. The third-order valence-corrected chi connectivity index (χ3v) is 5.97. The number of piperidine rings is 2. The maximum absolute atomic E-state index is 12.3. The molecule has 7 nitrogen and oxygen atoms in total. The molecule has 2 aromatic heterocycles. The van der Waals surface area contributed by atoms with Crippen LogP contribution in [0.25, 0.3) is 5.65 Å². The number of carbonyl (C=O) groups excluding carboxylic acids is 1. The Hall–Kier alpha value is -2.15. The minimum atomic E-state index is -0.0304. The van der Waals surface area contributed by atoms with E-state index in [0.29, 0.717) is 17.6 Å². The molecule has 4 heterocycles. The Labute approximate surface area is 153 Å². The lowest BCUT2D eigenvalue weighted by atomic mass is 9.91. The SMILES string of the molecule is CC(=O)N1CCC(N2CCC(c3cc(=O)n4[nH]c(C)cc4n3)CC2)CC1. The van der Waals surface area contributed by atoms with Gasteiger partial charge in [-0.25, -0.2) is 9.50 Å². The maximum Gasteiger partial charge on any atom is 0.272 e. The predicted octanol–water partition coefficient (Wildman–Crippen LogP) is 1.52. The first-order valence-electron chi connectivity index (χ1n) is 9.60. The number of hydrogen-bond acceptors (Lipinski definition) is 4. The molecule has 1 amide bonds. The summed E-state index contributed by atoms with van der Waals surface area (Å²) in [6.07, 6.45) is 4.22. The molecular weight excluding hydrogens is 330 g/mol. The van der Waals surface area contributed by atoms with Crippen LogP contribution in [0.5, 0.6) is 0 Å². The van der Waals surface area contributed by atoms with E-state index in [1.54, 1.807) is 13.0 Å². The number of carbonyl (C=O) groups is 1. The lowest BCUT2D eigenvalue weighted by molar-refractivity contribution is -0.130. The van der Waals surface area contributed by atoms with E-state index in [1.165, 1.54) is 4.52 Å². The number of nitrogens with one attached hydrogen (secondary N) is 1. The first kappa shape index (κ1) is 17.3. The number of aromatic amines is 1. The second-order valence-corrected chi connectivity index (χ2v) is 7.70. The average Bonchev–Trinajstić information content (AvgIpc) is 3.03. The van der Waals surface area contributed by atoms with Gasteiger partial charge in [-0.15, -0.1) is 0 Å². The van der Waals surface area contributed by atoms with Gasteiger partial charge in [0, 0.05) is 49.8 Å². The predicted molar refractivity (Wildman–Crippen MR) is 99.4 cm³/mol. The molecule has 4 rings (SSSR count). The number of nitrogens with zero attached hydrogens (tertiary/aromatic N) is 4. The van der Waals surface area contributed by atoms with Crippen molar-refractivity contribution < 1.29 is 4.79 Å². The van der Waals surface area contributed by atoms with Crippen molar-refractivity contribution in [3.63, 3.8) is 0 Å². The van der Waals surface area contributed by atoms with Gasteiger partial charge in [0.2, 0.25) is 5.91 Å². The number of rotatable bonds is 2. The highest BCUT2D eigenvalue weighted by Gasteiger charge is 2.30. The molecule has 7 heteroatoms. The first-order chi connectivity index (χ1) is 12.5. The highest BCUT2D eigenvalue weighted by molar-refractivity contribution is 5.73. The van der Waals surface area contributed by atoms with Gasteiger partial charge in [-0.2, -0.15) is 0 Å². The quantitative estimate of drug-likeness (QED) is 0.884. The fourth-order valence-corrected chi connectivity index (χ4v) is 4.45. The molecule has 0 bridgehead atoms. The van der Waals surface area contributed by atoms with Gasteiger partial charge in [0.15, 0.2) is 5.65 Å². The van der Waals surface area contributed by atoms with Crippen molar-refractivity contribution in [1.29, 1.82) is 0 Å². The molecule has 0 aliphatic carbocycles. The number of likely N-dealkylation sites (tertiary alicyclic amines) is 2. The van der Waals surface area contributed by atoms with Gasteiger partial charge < -0.3 is 9.80 Å². The third-order valence-electron chi connectivity index (χ3n) is 5.97. The third kappa shape index (κ3) is 3.28. The van der Waals surface area contributed by atoms with E-state index < -0.39 is 0 Å². The molecule has 1 N–H and O–H groups in total. The van der Waals surface area contributed by atoms with E-state index >= 15 is 0 Å². The van der Waals surface area contributed by atoms with Gasteiger partial charge in [-0.05, 0) is 45.7 Å². The number of amides is 1. The van der Waals surface area contributed by atoms with Crippen LogP contribution in [-0.4, -0.2) is 62.5 Å². The van der Waals surface area contributed by atoms with Crippen molar-refractivity contribution in [1.82, 2.24) is 24.4 Å². The summed E-state index contributed by atoms with van der Waals surface area (Å²) >= 11 is 0. The lowest BCUT2D eigenvalue weighted by Gasteiger charge is -2.41. The molecule has 0 atom stereocenters. The summed E-state index contributed by atoms with van der Waals surface area (Å²) in [6.45, 7) is 7.43. The Balaban J connectivity index is 1.39. The fourth-order valence-electron chi connectivity index (χ4n) is 4.45. The Morgan fingerprint density at radius 1 is 1.12 bits per heavy atom. The summed E-state index contributed by atoms with van der Waals surface area (Å²) in [5, 5.41) is 3.02. The lowest BCUT2D eigenvalue weighted by Crippen LogP contribution is -2.48. The molecule has 2 saturated heterocycles. The van der Waals surface area contributed by atoms with Crippen molar-refractivity contribution >= 4 is 11.6 Å². The van der Waals surface area contributed by atoms with Crippen molar-refractivity contribution in [2.75, 3.05) is 26.2 Å². The summed E-state index contributed by atoms with van der Waals surface area (Å²) < 4.78 is 1.51. The van der Waals surface area contributed by atoms with Crippen molar-refractivity contribution in [2.45, 2.75) is 51.5 Å². The highest BCUT2D eigenvalue weighted by atomic mass is 16.2. The molecule has 140 valence electrons. The van der Waals surface area contributed by atoms with Crippen LogP contribution in [0.1, 0.15) is 49.9 Å². The van der Waals surface area contributed by atoms with E-state index in [2.05, 4.69) is 10.00 Å². The van der Waals surface area contributed by atoms with E-state index in [9.17, 15) is 9.59 Å². The van der Waals surface area contributed by atoms with Crippen molar-refractivity contribution in [2.24, 2.45) is 0 Å². The number of hydrogen-bond donors (Lipinski definition) is 1. The van der Waals surface area contributed by atoms with Gasteiger partial charge in [-0.3, -0.25) is 14.7 Å². The maximum atomic E-state index is 12.3. The zero-order valence-corrected chi connectivity index (χ0v) is 15.6. The second-order valence-electron chi connectivity index (χ2n) is 7.70. The molecular formula is C19H27N5O2. The van der Waals surface area contributed by atoms with Crippen LogP contribution in [0.15, 0.2) is 16.9 Å². The molecule has 2 aliphatic heterocycles. The van der Waals surface area contributed by atoms with Crippen LogP contribution in [0, 0.1) is 6.92 Å². The van der Waals surface area contributed by atoms with Crippen LogP contribution in [0.4, 0.5) is 0 Å². The zero-order valence-electron chi connectivity index (χ0n) is 15.6. The van der Waals surface area contributed by atoms with E-state index in [0.717, 1.165) is 63.3 Å². The summed E-state index contributed by atoms with van der Waals surface area (Å²) in [7, 11) is 0. The Bertz CT molecular complexity index is 854. The Morgan fingerprint density at radius 3 is 2.46 bits per heavy atom. The minimum absolute atomic E-state index is 0.0304. The number of fused-ring (bicyclic) bond motifs is 1. The fraction of sp³-hybridized carbons (Fsp3) is 0.632. The van der Waals surface area contributed by atoms with E-state index in [4.69, 9.17) is 4.98 Å². The number of H-pyrrole nitrogens is 1. The van der Waals surface area contributed by atoms with E-state index in [1.807, 2.05) is 17.9 Å². The minimum Gasteiger partial charge on any atom is -0.343 e. The monoisotopic (exact) mass is 357 g/mol. The normalized spacial score (nSPS) is 20.8. The van der Waals surface area contributed by atoms with Gasteiger partial charge in [0.05, 0.1) is 5.69 Å². The molecule has 2 aliphatic rings. The van der Waals surface area contributed by atoms with Gasteiger partial charge in [0.25, 0.3) is 5.56 Å². The number of aryl methyl sites for hydroxylation is 1. The standard InChI is InChI=1S/C19H27N5O2/c1-13-11-18-20-17(12-19(26)24(18)21-13)15-3-7-23(8-4-15)16-5-9-22(10-6-16)14(2)25/h11-12,15-16,21H,3-10H2,1-2H3. The highest BCUT2D eigenvalue weighted by Crippen LogP contribution is 2.29. The topological polar surface area (TPSA) is 73.7 Å². The molecule has 0 aromatic carbocycles. The molecule has 2 fully saturated rings. The number of aromatic nitrogens is 3. The van der Waals surface area contributed by atoms with Crippen LogP contribution < -0.4 is 5.56 Å². The van der Waals surface area contributed by atoms with Gasteiger partial charge in [-0.1, -0.05) is 0 Å². The second kappa shape index (κ2) is 6.87. The van der Waals surface area contributed by atoms with Gasteiger partial charge >= 0.3 is 0 Å². The van der Waals surface area contributed by atoms with Crippen LogP contribution >= 0.6 is 0 Å². The summed E-state index contributed by atoms with van der Waals surface area (Å²) in [6, 6.07) is 4.19. The van der Waals surface area contributed by atoms with Gasteiger partial charge in [0.1, 0.15) is 0 Å². The smallest absolute Gasteiger partial charge is 0.272 e. The first-order valence-corrected chi connectivity index (χ1v) is 9.60. The van der Waals surface area contributed by atoms with E-state index in [-0.39, 0.29) is 11.5 Å². The van der Waals surface area contributed by atoms with Crippen LogP contribution in [0.3, 0.4) is 0 Å². The van der Waals surface area contributed by atoms with Crippen LogP contribution in [0.2, 0.25) is 0 Å². The summed E-state index contributed by atoms with van der Waals surface area (Å²) in [5.41, 5.74) is 2.56. The Kier molecular flexibility index (Phi) is 4.56. The Morgan fingerprint density at radius 2 is 1.81 bits per heavy atom. The largest absolute Gasteiger partial charge is 0.343 e. The molecule has 0 saturated carbocycles. The van der Waals surface area contributed by atoms with Crippen LogP contribution in [-0.2, 0) is 4.79 Å².